The summed E-state index contributed by atoms with van der Waals surface area (Å²) in [5.41, 5.74) is 7.00. The number of benzene rings is 2. The first-order chi connectivity index (χ1) is 13.8. The first-order valence-electron chi connectivity index (χ1n) is 9.54. The van der Waals surface area contributed by atoms with Gasteiger partial charge in [-0.05, 0) is 63.6 Å². The van der Waals surface area contributed by atoms with E-state index in [0.717, 1.165) is 28.3 Å². The molecule has 3 aromatic rings. The summed E-state index contributed by atoms with van der Waals surface area (Å²) in [4.78, 5) is 24.7. The highest BCUT2D eigenvalue weighted by molar-refractivity contribution is 6.00. The molecule has 0 aliphatic heterocycles. The third-order valence-electron chi connectivity index (χ3n) is 5.12. The van der Waals surface area contributed by atoms with Crippen molar-refractivity contribution in [2.24, 2.45) is 0 Å². The van der Waals surface area contributed by atoms with Crippen LogP contribution < -0.4 is 5.32 Å². The predicted octanol–water partition coefficient (Wildman–Crippen LogP) is 4.79. The Kier molecular flexibility index (Phi) is 5.87. The SMILES string of the molecule is COC(=O)c1ccc(C)c(NCC(=O)c2cc(C)n(-c3ccc(C)cc3)c2C)c1. The van der Waals surface area contributed by atoms with Gasteiger partial charge < -0.3 is 14.6 Å². The fourth-order valence-corrected chi connectivity index (χ4v) is 3.46. The van der Waals surface area contributed by atoms with Crippen LogP contribution in [0.4, 0.5) is 5.69 Å². The van der Waals surface area contributed by atoms with Gasteiger partial charge in [0.15, 0.2) is 5.78 Å². The Hall–Kier alpha value is -3.34. The summed E-state index contributed by atoms with van der Waals surface area (Å²) in [6.07, 6.45) is 0. The molecule has 0 bridgehead atoms. The minimum atomic E-state index is -0.402. The van der Waals surface area contributed by atoms with Crippen LogP contribution in [0.25, 0.3) is 5.69 Å². The van der Waals surface area contributed by atoms with Crippen molar-refractivity contribution in [1.29, 1.82) is 0 Å². The molecule has 0 saturated heterocycles. The second-order valence-corrected chi connectivity index (χ2v) is 7.25. The lowest BCUT2D eigenvalue weighted by atomic mass is 10.1. The van der Waals surface area contributed by atoms with E-state index in [0.29, 0.717) is 11.1 Å². The van der Waals surface area contributed by atoms with Crippen LogP contribution in [-0.4, -0.2) is 30.0 Å². The molecular formula is C24H26N2O3. The van der Waals surface area contributed by atoms with Crippen LogP contribution in [0.5, 0.6) is 0 Å². The summed E-state index contributed by atoms with van der Waals surface area (Å²) in [6.45, 7) is 8.09. The van der Waals surface area contributed by atoms with Gasteiger partial charge >= 0.3 is 5.97 Å². The number of ether oxygens (including phenoxy) is 1. The molecule has 5 heteroatoms. The summed E-state index contributed by atoms with van der Waals surface area (Å²) in [5, 5.41) is 3.17. The molecule has 0 fully saturated rings. The van der Waals surface area contributed by atoms with Crippen molar-refractivity contribution in [1.82, 2.24) is 4.57 Å². The summed E-state index contributed by atoms with van der Waals surface area (Å²) in [5.74, 6) is -0.402. The van der Waals surface area contributed by atoms with Crippen LogP contribution in [0.1, 0.15) is 43.2 Å². The van der Waals surface area contributed by atoms with Gasteiger partial charge in [0, 0.05) is 28.3 Å². The zero-order valence-electron chi connectivity index (χ0n) is 17.5. The minimum Gasteiger partial charge on any atom is -0.465 e. The van der Waals surface area contributed by atoms with E-state index in [9.17, 15) is 9.59 Å². The van der Waals surface area contributed by atoms with Crippen molar-refractivity contribution < 1.29 is 14.3 Å². The van der Waals surface area contributed by atoms with Gasteiger partial charge in [0.2, 0.25) is 0 Å². The Bertz CT molecular complexity index is 1060. The molecule has 0 atom stereocenters. The molecule has 0 radical (unpaired) electrons. The molecule has 0 spiro atoms. The number of ketones is 1. The van der Waals surface area contributed by atoms with Gasteiger partial charge in [-0.2, -0.15) is 0 Å². The van der Waals surface area contributed by atoms with E-state index in [-0.39, 0.29) is 12.3 Å². The number of esters is 1. The molecule has 150 valence electrons. The van der Waals surface area contributed by atoms with Crippen LogP contribution in [-0.2, 0) is 4.74 Å². The number of methoxy groups -OCH3 is 1. The van der Waals surface area contributed by atoms with Crippen molar-refractivity contribution in [3.05, 3.63) is 82.2 Å². The number of hydrogen-bond acceptors (Lipinski definition) is 4. The molecule has 2 aromatic carbocycles. The Labute approximate surface area is 171 Å². The van der Waals surface area contributed by atoms with E-state index in [1.807, 2.05) is 32.9 Å². The number of anilines is 1. The third kappa shape index (κ3) is 4.24. The Morgan fingerprint density at radius 3 is 2.31 bits per heavy atom. The van der Waals surface area contributed by atoms with Gasteiger partial charge in [-0.1, -0.05) is 23.8 Å². The monoisotopic (exact) mass is 390 g/mol. The number of nitrogens with zero attached hydrogens (tertiary/aromatic N) is 1. The van der Waals surface area contributed by atoms with Crippen LogP contribution >= 0.6 is 0 Å². The molecule has 1 N–H and O–H groups in total. The molecule has 0 saturated carbocycles. The molecule has 3 rings (SSSR count). The maximum atomic E-state index is 12.9. The van der Waals surface area contributed by atoms with Gasteiger partial charge in [0.1, 0.15) is 0 Å². The smallest absolute Gasteiger partial charge is 0.337 e. The second kappa shape index (κ2) is 8.35. The number of nitrogens with one attached hydrogen (secondary N) is 1. The van der Waals surface area contributed by atoms with Gasteiger partial charge in [-0.25, -0.2) is 4.79 Å². The average Bonchev–Trinajstić information content (AvgIpc) is 3.01. The van der Waals surface area contributed by atoms with E-state index in [2.05, 4.69) is 41.1 Å². The lowest BCUT2D eigenvalue weighted by Crippen LogP contribution is -2.16. The van der Waals surface area contributed by atoms with E-state index >= 15 is 0 Å². The van der Waals surface area contributed by atoms with E-state index in [4.69, 9.17) is 4.74 Å². The molecule has 29 heavy (non-hydrogen) atoms. The van der Waals surface area contributed by atoms with E-state index in [1.165, 1.54) is 12.7 Å². The normalized spacial score (nSPS) is 10.7. The zero-order valence-corrected chi connectivity index (χ0v) is 17.5. The summed E-state index contributed by atoms with van der Waals surface area (Å²) in [6, 6.07) is 15.4. The molecule has 1 aromatic heterocycles. The van der Waals surface area contributed by atoms with Crippen LogP contribution in [0.3, 0.4) is 0 Å². The summed E-state index contributed by atoms with van der Waals surface area (Å²) < 4.78 is 6.86. The predicted molar refractivity (Wildman–Crippen MR) is 115 cm³/mol. The van der Waals surface area contributed by atoms with Crippen molar-refractivity contribution in [2.75, 3.05) is 19.0 Å². The molecule has 5 nitrogen and oxygen atoms in total. The lowest BCUT2D eigenvalue weighted by Gasteiger charge is -2.12. The molecule has 1 heterocycles. The number of Topliss-reactive ketones (excluding diaryl/α,β-unsaturated/α-hetero) is 1. The maximum Gasteiger partial charge on any atom is 0.337 e. The molecular weight excluding hydrogens is 364 g/mol. The standard InChI is InChI=1S/C24H26N2O3/c1-15-6-10-20(11-7-15)26-17(3)12-21(18(26)4)23(27)14-25-22-13-19(24(28)29-5)9-8-16(22)2/h6-13,25H,14H2,1-5H3. The van der Waals surface area contributed by atoms with Gasteiger partial charge in [-0.3, -0.25) is 4.79 Å². The number of carbonyl (C=O) groups is 2. The third-order valence-corrected chi connectivity index (χ3v) is 5.12. The van der Waals surface area contributed by atoms with Gasteiger partial charge in [0.05, 0.1) is 19.2 Å². The fourth-order valence-electron chi connectivity index (χ4n) is 3.46. The topological polar surface area (TPSA) is 60.3 Å². The number of aryl methyl sites for hydroxylation is 3. The second-order valence-electron chi connectivity index (χ2n) is 7.25. The van der Waals surface area contributed by atoms with Crippen molar-refractivity contribution >= 4 is 17.4 Å². The Morgan fingerprint density at radius 2 is 1.66 bits per heavy atom. The van der Waals surface area contributed by atoms with Crippen molar-refractivity contribution in [2.45, 2.75) is 27.7 Å². The zero-order chi connectivity index (χ0) is 21.1. The first kappa shape index (κ1) is 20.4. The number of hydrogen-bond donors (Lipinski definition) is 1. The highest BCUT2D eigenvalue weighted by Crippen LogP contribution is 2.22. The van der Waals surface area contributed by atoms with E-state index in [1.54, 1.807) is 12.1 Å². The molecule has 0 aliphatic rings. The lowest BCUT2D eigenvalue weighted by molar-refractivity contribution is 0.0600. The van der Waals surface area contributed by atoms with Gasteiger partial charge in [-0.15, -0.1) is 0 Å². The van der Waals surface area contributed by atoms with E-state index < -0.39 is 5.97 Å². The minimum absolute atomic E-state index is 0.000618. The Balaban J connectivity index is 1.81. The number of aromatic nitrogens is 1. The number of carbonyl (C=O) groups excluding carboxylic acids is 2. The summed E-state index contributed by atoms with van der Waals surface area (Å²) >= 11 is 0. The van der Waals surface area contributed by atoms with Crippen LogP contribution in [0.2, 0.25) is 0 Å². The Morgan fingerprint density at radius 1 is 0.966 bits per heavy atom. The maximum absolute atomic E-state index is 12.9. The quantitative estimate of drug-likeness (QED) is 0.485. The van der Waals surface area contributed by atoms with Crippen molar-refractivity contribution in [3.8, 4) is 5.69 Å². The van der Waals surface area contributed by atoms with Crippen LogP contribution in [0.15, 0.2) is 48.5 Å². The largest absolute Gasteiger partial charge is 0.465 e. The first-order valence-corrected chi connectivity index (χ1v) is 9.54. The highest BCUT2D eigenvalue weighted by atomic mass is 16.5. The fraction of sp³-hybridized carbons (Fsp3) is 0.250. The van der Waals surface area contributed by atoms with Gasteiger partial charge in [0.25, 0.3) is 0 Å². The van der Waals surface area contributed by atoms with Crippen LogP contribution in [0, 0.1) is 27.7 Å². The molecule has 0 aliphatic carbocycles. The highest BCUT2D eigenvalue weighted by Gasteiger charge is 2.17. The molecule has 0 unspecified atom stereocenters. The summed E-state index contributed by atoms with van der Waals surface area (Å²) in [7, 11) is 1.35. The molecule has 0 amide bonds. The average molecular weight is 390 g/mol. The van der Waals surface area contributed by atoms with Crippen molar-refractivity contribution in [3.63, 3.8) is 0 Å². The number of rotatable bonds is 6.